The zero-order valence-corrected chi connectivity index (χ0v) is 23.2. The van der Waals surface area contributed by atoms with E-state index in [-0.39, 0.29) is 11.3 Å². The number of carbonyl (C=O) groups excluding carboxylic acids is 1. The van der Waals surface area contributed by atoms with Crippen molar-refractivity contribution in [2.75, 3.05) is 0 Å². The van der Waals surface area contributed by atoms with E-state index in [4.69, 9.17) is 9.47 Å². The number of nitrogens with zero attached hydrogens (tertiary/aromatic N) is 1. The van der Waals surface area contributed by atoms with Gasteiger partial charge in [-0.2, -0.15) is 13.2 Å². The van der Waals surface area contributed by atoms with E-state index in [2.05, 4.69) is 4.98 Å². The average Bonchev–Trinajstić information content (AvgIpc) is 3.06. The van der Waals surface area contributed by atoms with Crippen molar-refractivity contribution >= 4 is 16.7 Å². The molecule has 4 nitrogen and oxygen atoms in total. The number of ether oxygens (including phenoxy) is 2. The summed E-state index contributed by atoms with van der Waals surface area (Å²) in [7, 11) is 0. The topological polar surface area (TPSA) is 48.4 Å². The summed E-state index contributed by atoms with van der Waals surface area (Å²) in [5.41, 5.74) is 0.729. The van der Waals surface area contributed by atoms with Crippen LogP contribution in [0.4, 0.5) is 13.2 Å². The molecule has 0 spiro atoms. The Balaban J connectivity index is 1.53. The minimum Gasteiger partial charge on any atom is -0.477 e. The van der Waals surface area contributed by atoms with Crippen molar-refractivity contribution in [3.8, 4) is 22.6 Å². The molecule has 0 radical (unpaired) electrons. The molecule has 0 amide bonds. The highest BCUT2D eigenvalue weighted by Gasteiger charge is 2.55. The van der Waals surface area contributed by atoms with Gasteiger partial charge >= 0.3 is 6.18 Å². The van der Waals surface area contributed by atoms with Gasteiger partial charge in [0, 0.05) is 28.3 Å². The normalized spacial score (nSPS) is 18.0. The Morgan fingerprint density at radius 3 is 2.18 bits per heavy atom. The van der Waals surface area contributed by atoms with Crippen LogP contribution in [-0.2, 0) is 11.8 Å². The van der Waals surface area contributed by atoms with Gasteiger partial charge in [-0.1, -0.05) is 97.1 Å². The second-order valence-corrected chi connectivity index (χ2v) is 10.5. The van der Waals surface area contributed by atoms with E-state index >= 15 is 0 Å². The van der Waals surface area contributed by atoms with Crippen LogP contribution in [0.1, 0.15) is 27.0 Å². The van der Waals surface area contributed by atoms with Gasteiger partial charge < -0.3 is 9.47 Å². The van der Waals surface area contributed by atoms with Crippen LogP contribution in [0.2, 0.25) is 0 Å². The molecule has 6 aromatic rings. The van der Waals surface area contributed by atoms with Gasteiger partial charge in [0.2, 0.25) is 17.5 Å². The van der Waals surface area contributed by atoms with E-state index in [1.807, 2.05) is 78.9 Å². The molecule has 1 aliphatic rings. The Morgan fingerprint density at radius 1 is 0.727 bits per heavy atom. The first-order valence-corrected chi connectivity index (χ1v) is 14.0. The summed E-state index contributed by atoms with van der Waals surface area (Å²) in [4.78, 5) is 19.1. The molecule has 0 saturated heterocycles. The number of pyridine rings is 1. The Labute approximate surface area is 251 Å². The van der Waals surface area contributed by atoms with E-state index in [1.54, 1.807) is 42.6 Å². The molecule has 2 atom stereocenters. The zero-order chi connectivity index (χ0) is 30.3. The highest BCUT2D eigenvalue weighted by atomic mass is 19.4. The number of hydrogen-bond acceptors (Lipinski definition) is 4. The average molecular weight is 588 g/mol. The standard InChI is InChI=1S/C37H24F3NO3/c38-37(39,40)26-19-20-29-33(23-26)44-36(25-13-5-2-6-14-25,30-21-22-41-31-17-9-7-16-28(30)31)35(34(29)42)43-32-18-10-8-15-27(32)24-11-3-1-4-12-24/h1-23,35H. The van der Waals surface area contributed by atoms with E-state index < -0.39 is 29.2 Å². The van der Waals surface area contributed by atoms with Crippen LogP contribution in [0.15, 0.2) is 140 Å². The van der Waals surface area contributed by atoms with E-state index in [0.717, 1.165) is 23.3 Å². The lowest BCUT2D eigenvalue weighted by Gasteiger charge is -2.44. The second-order valence-electron chi connectivity index (χ2n) is 10.5. The Bertz CT molecular complexity index is 1990. The fourth-order valence-corrected chi connectivity index (χ4v) is 5.90. The highest BCUT2D eigenvalue weighted by Crippen LogP contribution is 2.49. The van der Waals surface area contributed by atoms with E-state index in [1.165, 1.54) is 6.07 Å². The van der Waals surface area contributed by atoms with Crippen molar-refractivity contribution in [3.05, 3.63) is 162 Å². The number of carbonyl (C=O) groups is 1. The first-order chi connectivity index (χ1) is 21.4. The molecule has 0 aliphatic carbocycles. The molecule has 7 heteroatoms. The number of benzene rings is 5. The Morgan fingerprint density at radius 2 is 1.41 bits per heavy atom. The highest BCUT2D eigenvalue weighted by molar-refractivity contribution is 6.05. The largest absolute Gasteiger partial charge is 0.477 e. The van der Waals surface area contributed by atoms with Gasteiger partial charge in [-0.05, 0) is 42.0 Å². The third-order valence-electron chi connectivity index (χ3n) is 7.92. The lowest BCUT2D eigenvalue weighted by Crippen LogP contribution is -2.56. The SMILES string of the molecule is O=C1c2ccc(C(F)(F)F)cc2OC(c2ccccc2)(c2ccnc3ccccc23)C1Oc1ccccc1-c1ccccc1. The predicted molar refractivity (Wildman–Crippen MR) is 162 cm³/mol. The molecule has 0 bridgehead atoms. The van der Waals surface area contributed by atoms with Gasteiger partial charge in [0.1, 0.15) is 11.5 Å². The predicted octanol–water partition coefficient (Wildman–Crippen LogP) is 8.89. The van der Waals surface area contributed by atoms with Gasteiger partial charge in [0.05, 0.1) is 16.6 Å². The molecule has 0 fully saturated rings. The summed E-state index contributed by atoms with van der Waals surface area (Å²) >= 11 is 0. The summed E-state index contributed by atoms with van der Waals surface area (Å²) in [6, 6.07) is 38.0. The van der Waals surface area contributed by atoms with Gasteiger partial charge in [-0.15, -0.1) is 0 Å². The van der Waals surface area contributed by atoms with E-state index in [0.29, 0.717) is 27.8 Å². The molecule has 2 unspecified atom stereocenters. The van der Waals surface area contributed by atoms with Crippen LogP contribution in [-0.4, -0.2) is 16.9 Å². The molecule has 2 heterocycles. The first kappa shape index (κ1) is 27.4. The summed E-state index contributed by atoms with van der Waals surface area (Å²) < 4.78 is 55.2. The number of aromatic nitrogens is 1. The third kappa shape index (κ3) is 4.57. The minimum absolute atomic E-state index is 0.00473. The zero-order valence-electron chi connectivity index (χ0n) is 23.2. The second kappa shape index (κ2) is 10.7. The summed E-state index contributed by atoms with van der Waals surface area (Å²) in [6.45, 7) is 0. The summed E-state index contributed by atoms with van der Waals surface area (Å²) in [5.74, 6) is -0.256. The van der Waals surface area contributed by atoms with Gasteiger partial charge in [0.25, 0.3) is 0 Å². The van der Waals surface area contributed by atoms with Crippen LogP contribution in [0, 0.1) is 0 Å². The Hall–Kier alpha value is -5.43. The fraction of sp³-hybridized carbons (Fsp3) is 0.0811. The number of hydrogen-bond donors (Lipinski definition) is 0. The monoisotopic (exact) mass is 587 g/mol. The summed E-state index contributed by atoms with van der Waals surface area (Å²) in [6.07, 6.45) is -4.36. The number of alkyl halides is 3. The van der Waals surface area contributed by atoms with Gasteiger partial charge in [0.15, 0.2) is 0 Å². The third-order valence-corrected chi connectivity index (χ3v) is 7.92. The van der Waals surface area contributed by atoms with Crippen molar-refractivity contribution in [1.82, 2.24) is 4.98 Å². The van der Waals surface area contributed by atoms with E-state index in [9.17, 15) is 18.0 Å². The van der Waals surface area contributed by atoms with Crippen molar-refractivity contribution in [2.45, 2.75) is 17.9 Å². The minimum atomic E-state index is -4.64. The molecule has 1 aliphatic heterocycles. The summed E-state index contributed by atoms with van der Waals surface area (Å²) in [5, 5.41) is 0.673. The van der Waals surface area contributed by atoms with Crippen LogP contribution in [0.3, 0.4) is 0 Å². The Kier molecular flexibility index (Phi) is 6.66. The number of rotatable bonds is 5. The maximum absolute atomic E-state index is 14.6. The van der Waals surface area contributed by atoms with Crippen LogP contribution in [0.5, 0.6) is 11.5 Å². The lowest BCUT2D eigenvalue weighted by molar-refractivity contribution is -0.137. The maximum Gasteiger partial charge on any atom is 0.416 e. The molecule has 7 rings (SSSR count). The molecular formula is C37H24F3NO3. The number of Topliss-reactive ketones (excluding diaryl/α,β-unsaturated/α-hetero) is 1. The fourth-order valence-electron chi connectivity index (χ4n) is 5.90. The molecule has 216 valence electrons. The lowest BCUT2D eigenvalue weighted by atomic mass is 9.75. The molecule has 5 aromatic carbocycles. The smallest absolute Gasteiger partial charge is 0.416 e. The van der Waals surface area contributed by atoms with Crippen molar-refractivity contribution < 1.29 is 27.4 Å². The van der Waals surface area contributed by atoms with Crippen molar-refractivity contribution in [3.63, 3.8) is 0 Å². The molecule has 0 saturated carbocycles. The quantitative estimate of drug-likeness (QED) is 0.202. The number of halogens is 3. The van der Waals surface area contributed by atoms with Crippen molar-refractivity contribution in [2.24, 2.45) is 0 Å². The van der Waals surface area contributed by atoms with Crippen LogP contribution < -0.4 is 9.47 Å². The van der Waals surface area contributed by atoms with Crippen LogP contribution in [0.25, 0.3) is 22.0 Å². The van der Waals surface area contributed by atoms with Crippen LogP contribution >= 0.6 is 0 Å². The number of para-hydroxylation sites is 2. The first-order valence-electron chi connectivity index (χ1n) is 14.0. The number of ketones is 1. The molecule has 1 aromatic heterocycles. The molecular weight excluding hydrogens is 563 g/mol. The van der Waals surface area contributed by atoms with Gasteiger partial charge in [-0.25, -0.2) is 0 Å². The molecule has 0 N–H and O–H groups in total. The molecule has 44 heavy (non-hydrogen) atoms. The van der Waals surface area contributed by atoms with Crippen molar-refractivity contribution in [1.29, 1.82) is 0 Å². The number of fused-ring (bicyclic) bond motifs is 2. The maximum atomic E-state index is 14.6. The van der Waals surface area contributed by atoms with Gasteiger partial charge in [-0.3, -0.25) is 9.78 Å².